The first-order valence-corrected chi connectivity index (χ1v) is 9.44. The number of benzene rings is 1. The number of carbonyl (C=O) groups is 1. The van der Waals surface area contributed by atoms with Crippen LogP contribution in [0.15, 0.2) is 35.5 Å². The fraction of sp³-hybridized carbons (Fsp3) is 0.500. The topological polar surface area (TPSA) is 54.9 Å². The minimum Gasteiger partial charge on any atom is -0.353 e. The Morgan fingerprint density at radius 1 is 1.13 bits per heavy atom. The van der Waals surface area contributed by atoms with Crippen molar-refractivity contribution in [1.29, 1.82) is 0 Å². The van der Waals surface area contributed by atoms with E-state index in [-0.39, 0.29) is 5.91 Å². The molecule has 122 valence electrons. The normalized spacial score (nSPS) is 16.7. The Balaban J connectivity index is 1.55. The molecule has 2 aromatic rings. The predicted molar refractivity (Wildman–Crippen MR) is 94.5 cm³/mol. The highest BCUT2D eigenvalue weighted by atomic mass is 32.2. The molecule has 0 aliphatic heterocycles. The van der Waals surface area contributed by atoms with E-state index in [0.717, 1.165) is 28.6 Å². The Morgan fingerprint density at radius 3 is 2.70 bits per heavy atom. The van der Waals surface area contributed by atoms with Gasteiger partial charge in [-0.15, -0.1) is 5.10 Å². The number of thioether (sulfide) groups is 1. The molecule has 4 nitrogen and oxygen atoms in total. The summed E-state index contributed by atoms with van der Waals surface area (Å²) >= 11 is 1.47. The third kappa shape index (κ3) is 4.67. The van der Waals surface area contributed by atoms with Crippen LogP contribution in [0.3, 0.4) is 0 Å². The van der Waals surface area contributed by atoms with E-state index < -0.39 is 0 Å². The fourth-order valence-electron chi connectivity index (χ4n) is 3.11. The number of rotatable bonds is 4. The second kappa shape index (κ2) is 8.29. The number of hydrogen-bond acceptors (Lipinski definition) is 4. The molecule has 1 N–H and O–H groups in total. The standard InChI is InChI=1S/C18H23N3OS/c22-17(20-15-9-4-2-1-3-5-10-15)13-23-18-16-11-7-6-8-14(16)12-19-21-18/h6-8,11-12,15H,1-5,9-10,13H2,(H,20,22). The summed E-state index contributed by atoms with van der Waals surface area (Å²) in [7, 11) is 0. The molecular formula is C18H23N3OS. The van der Waals surface area contributed by atoms with Crippen molar-refractivity contribution in [3.8, 4) is 0 Å². The Labute approximate surface area is 141 Å². The zero-order valence-electron chi connectivity index (χ0n) is 13.3. The van der Waals surface area contributed by atoms with E-state index in [2.05, 4.69) is 15.5 Å². The summed E-state index contributed by atoms with van der Waals surface area (Å²) in [6.07, 6.45) is 10.4. The van der Waals surface area contributed by atoms with E-state index in [1.165, 1.54) is 43.9 Å². The van der Waals surface area contributed by atoms with Crippen LogP contribution >= 0.6 is 11.8 Å². The van der Waals surface area contributed by atoms with Crippen molar-refractivity contribution in [1.82, 2.24) is 15.5 Å². The molecule has 0 atom stereocenters. The lowest BCUT2D eigenvalue weighted by molar-refractivity contribution is -0.119. The summed E-state index contributed by atoms with van der Waals surface area (Å²) in [5.41, 5.74) is 0. The SMILES string of the molecule is O=C(CSc1nncc2ccccc12)NC1CCCCCCC1. The van der Waals surface area contributed by atoms with Crippen molar-refractivity contribution < 1.29 is 4.79 Å². The first-order chi connectivity index (χ1) is 11.3. The van der Waals surface area contributed by atoms with Crippen LogP contribution < -0.4 is 5.32 Å². The lowest BCUT2D eigenvalue weighted by atomic mass is 9.97. The molecule has 5 heteroatoms. The first-order valence-electron chi connectivity index (χ1n) is 8.45. The van der Waals surface area contributed by atoms with E-state index >= 15 is 0 Å². The summed E-state index contributed by atoms with van der Waals surface area (Å²) in [5, 5.41) is 14.4. The Bertz CT molecular complexity index is 648. The highest BCUT2D eigenvalue weighted by molar-refractivity contribution is 8.00. The molecule has 0 spiro atoms. The third-order valence-electron chi connectivity index (χ3n) is 4.35. The lowest BCUT2D eigenvalue weighted by Gasteiger charge is -2.20. The van der Waals surface area contributed by atoms with Crippen LogP contribution in [0.1, 0.15) is 44.9 Å². The summed E-state index contributed by atoms with van der Waals surface area (Å²) in [6.45, 7) is 0. The van der Waals surface area contributed by atoms with Gasteiger partial charge in [-0.2, -0.15) is 5.10 Å². The van der Waals surface area contributed by atoms with Crippen LogP contribution in [-0.4, -0.2) is 27.9 Å². The number of hydrogen-bond donors (Lipinski definition) is 1. The second-order valence-corrected chi connectivity index (χ2v) is 7.10. The Hall–Kier alpha value is -1.62. The smallest absolute Gasteiger partial charge is 0.230 e. The van der Waals surface area contributed by atoms with Gasteiger partial charge in [0.05, 0.1) is 11.9 Å². The monoisotopic (exact) mass is 329 g/mol. The zero-order valence-corrected chi connectivity index (χ0v) is 14.1. The molecule has 23 heavy (non-hydrogen) atoms. The quantitative estimate of drug-likeness (QED) is 0.863. The molecule has 0 radical (unpaired) electrons. The van der Waals surface area contributed by atoms with Gasteiger partial charge >= 0.3 is 0 Å². The lowest BCUT2D eigenvalue weighted by Crippen LogP contribution is -2.36. The maximum Gasteiger partial charge on any atom is 0.230 e. The minimum absolute atomic E-state index is 0.107. The van der Waals surface area contributed by atoms with E-state index in [1.54, 1.807) is 6.20 Å². The zero-order chi connectivity index (χ0) is 15.9. The molecule has 1 heterocycles. The minimum atomic E-state index is 0.107. The van der Waals surface area contributed by atoms with Crippen LogP contribution in [0.2, 0.25) is 0 Å². The van der Waals surface area contributed by atoms with Crippen molar-refractivity contribution in [2.24, 2.45) is 0 Å². The average molecular weight is 329 g/mol. The molecular weight excluding hydrogens is 306 g/mol. The maximum absolute atomic E-state index is 12.2. The maximum atomic E-state index is 12.2. The second-order valence-electron chi connectivity index (χ2n) is 6.14. The van der Waals surface area contributed by atoms with Gasteiger partial charge in [-0.1, -0.05) is 68.1 Å². The molecule has 0 unspecified atom stereocenters. The predicted octanol–water partition coefficient (Wildman–Crippen LogP) is 3.95. The number of amides is 1. The largest absolute Gasteiger partial charge is 0.353 e. The number of nitrogens with one attached hydrogen (secondary N) is 1. The van der Waals surface area contributed by atoms with Gasteiger partial charge in [-0.25, -0.2) is 0 Å². The van der Waals surface area contributed by atoms with Gasteiger partial charge in [0.25, 0.3) is 0 Å². The third-order valence-corrected chi connectivity index (χ3v) is 5.33. The molecule has 0 bridgehead atoms. The van der Waals surface area contributed by atoms with E-state index in [1.807, 2.05) is 24.3 Å². The fourth-order valence-corrected chi connectivity index (χ4v) is 3.91. The Morgan fingerprint density at radius 2 is 1.87 bits per heavy atom. The van der Waals surface area contributed by atoms with Crippen LogP contribution in [0.5, 0.6) is 0 Å². The summed E-state index contributed by atoms with van der Waals surface area (Å²) in [4.78, 5) is 12.2. The highest BCUT2D eigenvalue weighted by Gasteiger charge is 2.15. The van der Waals surface area contributed by atoms with Crippen LogP contribution in [0.4, 0.5) is 0 Å². The van der Waals surface area contributed by atoms with E-state index in [4.69, 9.17) is 0 Å². The number of carbonyl (C=O) groups excluding carboxylic acids is 1. The molecule has 1 fully saturated rings. The molecule has 1 aliphatic rings. The van der Waals surface area contributed by atoms with E-state index in [9.17, 15) is 4.79 Å². The van der Waals surface area contributed by atoms with Gasteiger partial charge in [0.2, 0.25) is 5.91 Å². The molecule has 0 saturated heterocycles. The summed E-state index contributed by atoms with van der Waals surface area (Å²) in [6, 6.07) is 8.37. The van der Waals surface area contributed by atoms with Gasteiger partial charge in [0, 0.05) is 16.8 Å². The van der Waals surface area contributed by atoms with Crippen molar-refractivity contribution >= 4 is 28.4 Å². The molecule has 1 amide bonds. The van der Waals surface area contributed by atoms with Crippen LogP contribution in [0.25, 0.3) is 10.8 Å². The summed E-state index contributed by atoms with van der Waals surface area (Å²) < 4.78 is 0. The number of nitrogens with zero attached hydrogens (tertiary/aromatic N) is 2. The number of fused-ring (bicyclic) bond motifs is 1. The highest BCUT2D eigenvalue weighted by Crippen LogP contribution is 2.24. The molecule has 1 aromatic heterocycles. The van der Waals surface area contributed by atoms with Crippen molar-refractivity contribution in [3.05, 3.63) is 30.5 Å². The molecule has 1 aromatic carbocycles. The first kappa shape index (κ1) is 16.2. The van der Waals surface area contributed by atoms with Gasteiger partial charge in [-0.05, 0) is 12.8 Å². The van der Waals surface area contributed by atoms with Crippen LogP contribution in [0, 0.1) is 0 Å². The van der Waals surface area contributed by atoms with Gasteiger partial charge in [0.15, 0.2) is 0 Å². The molecule has 1 saturated carbocycles. The number of aromatic nitrogens is 2. The molecule has 1 aliphatic carbocycles. The van der Waals surface area contributed by atoms with Gasteiger partial charge in [0.1, 0.15) is 5.03 Å². The Kier molecular flexibility index (Phi) is 5.86. The molecule has 3 rings (SSSR count). The van der Waals surface area contributed by atoms with E-state index in [0.29, 0.717) is 11.8 Å². The average Bonchev–Trinajstić information content (AvgIpc) is 2.55. The van der Waals surface area contributed by atoms with Crippen molar-refractivity contribution in [3.63, 3.8) is 0 Å². The summed E-state index contributed by atoms with van der Waals surface area (Å²) in [5.74, 6) is 0.509. The van der Waals surface area contributed by atoms with Gasteiger partial charge < -0.3 is 5.32 Å². The van der Waals surface area contributed by atoms with Crippen molar-refractivity contribution in [2.45, 2.75) is 56.0 Å². The van der Waals surface area contributed by atoms with Crippen molar-refractivity contribution in [2.75, 3.05) is 5.75 Å². The van der Waals surface area contributed by atoms with Crippen LogP contribution in [-0.2, 0) is 4.79 Å². The van der Waals surface area contributed by atoms with Gasteiger partial charge in [-0.3, -0.25) is 4.79 Å².